The first kappa shape index (κ1) is 25.4. The second-order valence-electron chi connectivity index (χ2n) is 6.50. The Balaban J connectivity index is 3.49. The van der Waals surface area contributed by atoms with Gasteiger partial charge in [-0.1, -0.05) is 68.4 Å². The minimum absolute atomic E-state index is 0.139. The number of aliphatic hydroxyl groups is 2. The molecule has 0 radical (unpaired) electrons. The summed E-state index contributed by atoms with van der Waals surface area (Å²) in [5.74, 6) is -0.335. The van der Waals surface area contributed by atoms with Gasteiger partial charge >= 0.3 is 5.97 Å². The molecule has 0 saturated heterocycles. The highest BCUT2D eigenvalue weighted by atomic mass is 16.5. The van der Waals surface area contributed by atoms with Crippen molar-refractivity contribution in [3.8, 4) is 0 Å². The average molecular weight is 379 g/mol. The van der Waals surface area contributed by atoms with Gasteiger partial charge in [0, 0.05) is 6.42 Å². The molecule has 27 heavy (non-hydrogen) atoms. The molecule has 0 fully saturated rings. The van der Waals surface area contributed by atoms with Crippen molar-refractivity contribution in [1.82, 2.24) is 0 Å². The molecule has 0 amide bonds. The molecule has 0 heterocycles. The van der Waals surface area contributed by atoms with Crippen LogP contribution in [0.2, 0.25) is 0 Å². The second-order valence-corrected chi connectivity index (χ2v) is 6.50. The van der Waals surface area contributed by atoms with Crippen LogP contribution < -0.4 is 0 Å². The maximum absolute atomic E-state index is 11.4. The average Bonchev–Trinajstić information content (AvgIpc) is 2.68. The van der Waals surface area contributed by atoms with Crippen molar-refractivity contribution >= 4 is 5.97 Å². The van der Waals surface area contributed by atoms with Crippen LogP contribution in [0.1, 0.15) is 71.1 Å². The normalized spacial score (nSPS) is 13.4. The molecular formula is C23H38O4. The molecule has 4 nitrogen and oxygen atoms in total. The molecule has 0 rings (SSSR count). The van der Waals surface area contributed by atoms with E-state index in [1.165, 1.54) is 25.7 Å². The van der Waals surface area contributed by atoms with E-state index in [1.54, 1.807) is 0 Å². The molecule has 0 bridgehead atoms. The summed E-state index contributed by atoms with van der Waals surface area (Å²) in [5, 5.41) is 17.7. The van der Waals surface area contributed by atoms with Crippen LogP contribution in [0.25, 0.3) is 0 Å². The van der Waals surface area contributed by atoms with Crippen LogP contribution in [0.15, 0.2) is 48.6 Å². The zero-order valence-corrected chi connectivity index (χ0v) is 16.9. The van der Waals surface area contributed by atoms with E-state index in [4.69, 9.17) is 14.9 Å². The Morgan fingerprint density at radius 3 is 1.89 bits per heavy atom. The Kier molecular flexibility index (Phi) is 19.4. The number of hydrogen-bond donors (Lipinski definition) is 2. The summed E-state index contributed by atoms with van der Waals surface area (Å²) in [7, 11) is 0. The fraction of sp³-hybridized carbons (Fsp3) is 0.609. The summed E-state index contributed by atoms with van der Waals surface area (Å²) in [5.41, 5.74) is 0. The van der Waals surface area contributed by atoms with Crippen molar-refractivity contribution in [2.75, 3.05) is 13.2 Å². The van der Waals surface area contributed by atoms with Gasteiger partial charge in [-0.25, -0.2) is 0 Å². The lowest BCUT2D eigenvalue weighted by Gasteiger charge is -2.07. The SMILES string of the molecule is CCCCC/C=C/C/C=C/C/C=C/C/C=C/CCCC(=O)OC[C@@H](O)CO. The molecule has 2 N–H and O–H groups in total. The molecule has 0 saturated carbocycles. The number of carbonyl (C=O) groups excluding carboxylic acids is 1. The van der Waals surface area contributed by atoms with E-state index in [0.717, 1.165) is 32.1 Å². The third-order valence-corrected chi connectivity index (χ3v) is 3.86. The Morgan fingerprint density at radius 1 is 0.852 bits per heavy atom. The van der Waals surface area contributed by atoms with Crippen molar-refractivity contribution in [1.29, 1.82) is 0 Å². The summed E-state index contributed by atoms with van der Waals surface area (Å²) in [6, 6.07) is 0. The van der Waals surface area contributed by atoms with Gasteiger partial charge in [-0.15, -0.1) is 0 Å². The van der Waals surface area contributed by atoms with Crippen LogP contribution in [-0.2, 0) is 9.53 Å². The second kappa shape index (κ2) is 20.7. The molecule has 4 heteroatoms. The Bertz CT molecular complexity index is 449. The summed E-state index contributed by atoms with van der Waals surface area (Å²) >= 11 is 0. The number of carbonyl (C=O) groups is 1. The molecule has 1 atom stereocenters. The van der Waals surface area contributed by atoms with Crippen LogP contribution in [0, 0.1) is 0 Å². The summed E-state index contributed by atoms with van der Waals surface area (Å²) in [6.07, 6.45) is 26.3. The van der Waals surface area contributed by atoms with Crippen molar-refractivity contribution in [3.05, 3.63) is 48.6 Å². The van der Waals surface area contributed by atoms with Crippen LogP contribution in [0.3, 0.4) is 0 Å². The standard InChI is InChI=1S/C23H38O4/c1-2-3-4-5-6-7-8-9-10-11-12-13-14-15-16-17-18-19-23(26)27-21-22(25)20-24/h6-7,9-10,12-13,15-16,22,24-25H,2-5,8,11,14,17-21H2,1H3/b7-6+,10-9+,13-12+,16-15+/t22-/m0/s1. The molecule has 154 valence electrons. The first-order chi connectivity index (χ1) is 13.2. The highest BCUT2D eigenvalue weighted by Gasteiger charge is 2.06. The Labute approximate surface area is 165 Å². The van der Waals surface area contributed by atoms with Crippen LogP contribution in [0.5, 0.6) is 0 Å². The number of hydrogen-bond acceptors (Lipinski definition) is 4. The minimum Gasteiger partial charge on any atom is -0.463 e. The Morgan fingerprint density at radius 2 is 1.37 bits per heavy atom. The largest absolute Gasteiger partial charge is 0.463 e. The molecule has 0 aromatic carbocycles. The van der Waals surface area contributed by atoms with E-state index in [1.807, 2.05) is 0 Å². The lowest BCUT2D eigenvalue weighted by atomic mass is 10.2. The quantitative estimate of drug-likeness (QED) is 0.212. The van der Waals surface area contributed by atoms with Crippen molar-refractivity contribution in [2.24, 2.45) is 0 Å². The van der Waals surface area contributed by atoms with Gasteiger partial charge < -0.3 is 14.9 Å². The summed E-state index contributed by atoms with van der Waals surface area (Å²) in [6.45, 7) is 1.69. The van der Waals surface area contributed by atoms with Gasteiger partial charge in [0.15, 0.2) is 0 Å². The van der Waals surface area contributed by atoms with E-state index in [0.29, 0.717) is 6.42 Å². The molecule has 0 aromatic rings. The van der Waals surface area contributed by atoms with Gasteiger partial charge in [0.1, 0.15) is 12.7 Å². The monoisotopic (exact) mass is 378 g/mol. The predicted molar refractivity (Wildman–Crippen MR) is 112 cm³/mol. The third kappa shape index (κ3) is 20.5. The first-order valence-corrected chi connectivity index (χ1v) is 10.2. The number of ether oxygens (including phenoxy) is 1. The van der Waals surface area contributed by atoms with Crippen molar-refractivity contribution in [2.45, 2.75) is 77.2 Å². The number of aliphatic hydroxyl groups excluding tert-OH is 2. The Hall–Kier alpha value is -1.65. The number of rotatable bonds is 17. The third-order valence-electron chi connectivity index (χ3n) is 3.86. The van der Waals surface area contributed by atoms with Gasteiger partial charge in [0.05, 0.1) is 6.61 Å². The molecule has 0 aliphatic carbocycles. The molecule has 0 aromatic heterocycles. The fourth-order valence-corrected chi connectivity index (χ4v) is 2.24. The van der Waals surface area contributed by atoms with Gasteiger partial charge in [0.25, 0.3) is 0 Å². The highest BCUT2D eigenvalue weighted by Crippen LogP contribution is 2.02. The molecule has 0 aliphatic heterocycles. The number of esters is 1. The predicted octanol–water partition coefficient (Wildman–Crippen LogP) is 5.03. The molecule has 0 spiro atoms. The van der Waals surface area contributed by atoms with E-state index < -0.39 is 12.7 Å². The molecule has 0 unspecified atom stereocenters. The lowest BCUT2D eigenvalue weighted by Crippen LogP contribution is -2.21. The van der Waals surface area contributed by atoms with E-state index in [9.17, 15) is 4.79 Å². The van der Waals surface area contributed by atoms with Crippen LogP contribution in [-0.4, -0.2) is 35.5 Å². The van der Waals surface area contributed by atoms with E-state index >= 15 is 0 Å². The zero-order chi connectivity index (χ0) is 20.0. The van der Waals surface area contributed by atoms with Crippen molar-refractivity contribution < 1.29 is 19.7 Å². The first-order valence-electron chi connectivity index (χ1n) is 10.2. The maximum atomic E-state index is 11.4. The van der Waals surface area contributed by atoms with Gasteiger partial charge in [-0.3, -0.25) is 4.79 Å². The van der Waals surface area contributed by atoms with E-state index in [2.05, 4.69) is 55.5 Å². The van der Waals surface area contributed by atoms with E-state index in [-0.39, 0.29) is 12.6 Å². The highest BCUT2D eigenvalue weighted by molar-refractivity contribution is 5.69. The van der Waals surface area contributed by atoms with Gasteiger partial charge in [-0.05, 0) is 44.9 Å². The topological polar surface area (TPSA) is 66.8 Å². The molecular weight excluding hydrogens is 340 g/mol. The maximum Gasteiger partial charge on any atom is 0.305 e. The lowest BCUT2D eigenvalue weighted by molar-refractivity contribution is -0.147. The van der Waals surface area contributed by atoms with Gasteiger partial charge in [-0.2, -0.15) is 0 Å². The fourth-order valence-electron chi connectivity index (χ4n) is 2.24. The smallest absolute Gasteiger partial charge is 0.305 e. The van der Waals surface area contributed by atoms with Crippen LogP contribution in [0.4, 0.5) is 0 Å². The summed E-state index contributed by atoms with van der Waals surface area (Å²) in [4.78, 5) is 11.4. The van der Waals surface area contributed by atoms with Crippen LogP contribution >= 0.6 is 0 Å². The van der Waals surface area contributed by atoms with Gasteiger partial charge in [0.2, 0.25) is 0 Å². The number of unbranched alkanes of at least 4 members (excludes halogenated alkanes) is 4. The summed E-state index contributed by atoms with van der Waals surface area (Å²) < 4.78 is 4.83. The van der Waals surface area contributed by atoms with Crippen molar-refractivity contribution in [3.63, 3.8) is 0 Å². The number of allylic oxidation sites excluding steroid dienone is 8. The zero-order valence-electron chi connectivity index (χ0n) is 16.9. The minimum atomic E-state index is -0.984. The molecule has 0 aliphatic rings.